The smallest absolute Gasteiger partial charge is 0.261 e. The van der Waals surface area contributed by atoms with E-state index in [0.717, 1.165) is 11.3 Å². The number of carbonyl (C=O) groups is 1. The van der Waals surface area contributed by atoms with Gasteiger partial charge < -0.3 is 5.32 Å². The highest BCUT2D eigenvalue weighted by molar-refractivity contribution is 7.92. The highest BCUT2D eigenvalue weighted by Gasteiger charge is 2.16. The van der Waals surface area contributed by atoms with Crippen LogP contribution in [0.5, 0.6) is 0 Å². The van der Waals surface area contributed by atoms with Crippen molar-refractivity contribution < 1.29 is 13.2 Å². The monoisotopic (exact) mass is 455 g/mol. The number of sulfonamides is 1. The summed E-state index contributed by atoms with van der Waals surface area (Å²) in [5, 5.41) is 5.56. The van der Waals surface area contributed by atoms with Gasteiger partial charge in [0.1, 0.15) is 0 Å². The van der Waals surface area contributed by atoms with Crippen LogP contribution in [0.15, 0.2) is 52.7 Å². The molecule has 0 aliphatic heterocycles. The lowest BCUT2D eigenvalue weighted by Crippen LogP contribution is -2.15. The molecule has 0 radical (unpaired) electrons. The van der Waals surface area contributed by atoms with Gasteiger partial charge >= 0.3 is 0 Å². The molecule has 10 heteroatoms. The lowest BCUT2D eigenvalue weighted by Gasteiger charge is -2.09. The van der Waals surface area contributed by atoms with Crippen LogP contribution in [0.2, 0.25) is 10.0 Å². The number of benzene rings is 2. The van der Waals surface area contributed by atoms with Gasteiger partial charge in [-0.1, -0.05) is 35.3 Å². The van der Waals surface area contributed by atoms with E-state index >= 15 is 0 Å². The topological polar surface area (TPSA) is 88.2 Å². The Morgan fingerprint density at radius 1 is 1.11 bits per heavy atom. The van der Waals surface area contributed by atoms with E-state index in [1.165, 1.54) is 29.5 Å². The van der Waals surface area contributed by atoms with Crippen LogP contribution >= 0.6 is 34.5 Å². The normalized spacial score (nSPS) is 11.2. The van der Waals surface area contributed by atoms with Crippen LogP contribution < -0.4 is 10.0 Å². The van der Waals surface area contributed by atoms with Crippen molar-refractivity contribution in [3.63, 3.8) is 0 Å². The van der Waals surface area contributed by atoms with E-state index < -0.39 is 10.0 Å². The molecule has 0 fully saturated rings. The summed E-state index contributed by atoms with van der Waals surface area (Å²) in [6.45, 7) is 1.85. The van der Waals surface area contributed by atoms with E-state index in [1.54, 1.807) is 24.3 Å². The maximum Gasteiger partial charge on any atom is 0.261 e. The van der Waals surface area contributed by atoms with E-state index in [9.17, 15) is 13.2 Å². The van der Waals surface area contributed by atoms with Crippen LogP contribution in [0, 0.1) is 6.92 Å². The molecule has 0 saturated carbocycles. The SMILES string of the molecule is Cc1csc(NC(=O)Cc2ccc(NS(=O)(=O)c3ccc(Cl)c(Cl)c3)cc2)n1. The quantitative estimate of drug-likeness (QED) is 0.561. The lowest BCUT2D eigenvalue weighted by atomic mass is 10.1. The molecule has 0 aliphatic carbocycles. The number of hydrogen-bond acceptors (Lipinski definition) is 5. The molecular formula is C18H15Cl2N3O3S2. The minimum absolute atomic E-state index is 0.00379. The highest BCUT2D eigenvalue weighted by atomic mass is 35.5. The molecule has 1 heterocycles. The Bertz CT molecular complexity index is 1110. The zero-order chi connectivity index (χ0) is 20.3. The molecule has 0 spiro atoms. The van der Waals surface area contributed by atoms with E-state index in [-0.39, 0.29) is 27.3 Å². The molecule has 6 nitrogen and oxygen atoms in total. The van der Waals surface area contributed by atoms with Crippen LogP contribution in [0.1, 0.15) is 11.3 Å². The van der Waals surface area contributed by atoms with Crippen molar-refractivity contribution in [2.24, 2.45) is 0 Å². The number of aryl methyl sites for hydroxylation is 1. The first kappa shape index (κ1) is 20.6. The molecule has 2 N–H and O–H groups in total. The van der Waals surface area contributed by atoms with Crippen molar-refractivity contribution in [3.8, 4) is 0 Å². The minimum Gasteiger partial charge on any atom is -0.302 e. The first-order valence-electron chi connectivity index (χ1n) is 8.02. The van der Waals surface area contributed by atoms with Crippen LogP contribution in [0.25, 0.3) is 0 Å². The standard InChI is InChI=1S/C18H15Cl2N3O3S2/c1-11-10-27-18(21-11)22-17(24)8-12-2-4-13(5-3-12)23-28(25,26)14-6-7-15(19)16(20)9-14/h2-7,9-10,23H,8H2,1H3,(H,21,22,24). The number of amides is 1. The summed E-state index contributed by atoms with van der Waals surface area (Å²) in [6, 6.07) is 10.6. The number of halogens is 2. The molecule has 146 valence electrons. The van der Waals surface area contributed by atoms with Crippen molar-refractivity contribution in [1.29, 1.82) is 0 Å². The predicted octanol–water partition coefficient (Wildman–Crippen LogP) is 4.74. The molecule has 3 rings (SSSR count). The van der Waals surface area contributed by atoms with E-state index in [0.29, 0.717) is 10.8 Å². The zero-order valence-corrected chi connectivity index (χ0v) is 17.7. The molecule has 28 heavy (non-hydrogen) atoms. The Morgan fingerprint density at radius 2 is 1.82 bits per heavy atom. The predicted molar refractivity (Wildman–Crippen MR) is 113 cm³/mol. The maximum absolute atomic E-state index is 12.5. The summed E-state index contributed by atoms with van der Waals surface area (Å²) >= 11 is 13.1. The molecule has 1 aromatic heterocycles. The lowest BCUT2D eigenvalue weighted by molar-refractivity contribution is -0.115. The summed E-state index contributed by atoms with van der Waals surface area (Å²) in [4.78, 5) is 16.3. The number of nitrogens with zero attached hydrogens (tertiary/aromatic N) is 1. The van der Waals surface area contributed by atoms with Crippen LogP contribution in [-0.4, -0.2) is 19.3 Å². The minimum atomic E-state index is -3.81. The van der Waals surface area contributed by atoms with Crippen molar-refractivity contribution >= 4 is 61.3 Å². The fourth-order valence-electron chi connectivity index (χ4n) is 2.31. The summed E-state index contributed by atoms with van der Waals surface area (Å²) in [5.74, 6) is -0.196. The van der Waals surface area contributed by atoms with Crippen LogP contribution in [0.4, 0.5) is 10.8 Å². The summed E-state index contributed by atoms with van der Waals surface area (Å²) < 4.78 is 27.4. The number of hydrogen-bond donors (Lipinski definition) is 2. The Hall–Kier alpha value is -2.13. The highest BCUT2D eigenvalue weighted by Crippen LogP contribution is 2.26. The van der Waals surface area contributed by atoms with E-state index in [4.69, 9.17) is 23.2 Å². The molecule has 1 amide bonds. The Morgan fingerprint density at radius 3 is 2.43 bits per heavy atom. The van der Waals surface area contributed by atoms with Crippen LogP contribution in [-0.2, 0) is 21.2 Å². The van der Waals surface area contributed by atoms with Gasteiger partial charge in [-0.2, -0.15) is 0 Å². The first-order chi connectivity index (χ1) is 13.2. The Labute approximate surface area is 176 Å². The third-order valence-corrected chi connectivity index (χ3v) is 6.63. The van der Waals surface area contributed by atoms with Crippen molar-refractivity contribution in [3.05, 3.63) is 69.1 Å². The largest absolute Gasteiger partial charge is 0.302 e. The number of rotatable bonds is 6. The molecular weight excluding hydrogens is 441 g/mol. The number of thiazole rings is 1. The second-order valence-electron chi connectivity index (χ2n) is 5.90. The average Bonchev–Trinajstić information content (AvgIpc) is 3.03. The molecule has 0 bridgehead atoms. The Kier molecular flexibility index (Phi) is 6.24. The second kappa shape index (κ2) is 8.48. The maximum atomic E-state index is 12.5. The van der Waals surface area contributed by atoms with Gasteiger partial charge in [0.2, 0.25) is 5.91 Å². The molecule has 0 atom stereocenters. The van der Waals surface area contributed by atoms with Crippen molar-refractivity contribution in [2.45, 2.75) is 18.2 Å². The van der Waals surface area contributed by atoms with Gasteiger partial charge in [0.15, 0.2) is 5.13 Å². The average molecular weight is 456 g/mol. The van der Waals surface area contributed by atoms with Gasteiger partial charge in [-0.05, 0) is 42.8 Å². The third-order valence-electron chi connectivity index (χ3n) is 3.64. The van der Waals surface area contributed by atoms with E-state index in [2.05, 4.69) is 15.0 Å². The third kappa shape index (κ3) is 5.23. The fraction of sp³-hybridized carbons (Fsp3) is 0.111. The summed E-state index contributed by atoms with van der Waals surface area (Å²) in [5.41, 5.74) is 1.95. The number of aromatic nitrogens is 1. The molecule has 2 aromatic carbocycles. The number of anilines is 2. The summed E-state index contributed by atoms with van der Waals surface area (Å²) in [6.07, 6.45) is 0.151. The zero-order valence-electron chi connectivity index (χ0n) is 14.6. The molecule has 0 aliphatic rings. The van der Waals surface area contributed by atoms with Gasteiger partial charge in [-0.15, -0.1) is 11.3 Å². The number of nitrogens with one attached hydrogen (secondary N) is 2. The van der Waals surface area contributed by atoms with Gasteiger partial charge in [0.05, 0.1) is 27.1 Å². The van der Waals surface area contributed by atoms with Crippen LogP contribution in [0.3, 0.4) is 0 Å². The van der Waals surface area contributed by atoms with Gasteiger partial charge in [-0.25, -0.2) is 13.4 Å². The first-order valence-corrected chi connectivity index (χ1v) is 11.1. The molecule has 0 unspecified atom stereocenters. The van der Waals surface area contributed by atoms with Gasteiger partial charge in [0, 0.05) is 11.1 Å². The van der Waals surface area contributed by atoms with Gasteiger partial charge in [0.25, 0.3) is 10.0 Å². The molecule has 3 aromatic rings. The summed E-state index contributed by atoms with van der Waals surface area (Å²) in [7, 11) is -3.81. The van der Waals surface area contributed by atoms with E-state index in [1.807, 2.05) is 12.3 Å². The van der Waals surface area contributed by atoms with Crippen molar-refractivity contribution in [1.82, 2.24) is 4.98 Å². The van der Waals surface area contributed by atoms with Gasteiger partial charge in [-0.3, -0.25) is 9.52 Å². The molecule has 0 saturated heterocycles. The van der Waals surface area contributed by atoms with Crippen molar-refractivity contribution in [2.75, 3.05) is 10.0 Å². The fourth-order valence-corrected chi connectivity index (χ4v) is 4.46. The number of carbonyl (C=O) groups excluding carboxylic acids is 1. The Balaban J connectivity index is 1.65. The second-order valence-corrected chi connectivity index (χ2v) is 9.25.